The van der Waals surface area contributed by atoms with Gasteiger partial charge < -0.3 is 16.1 Å². The molecule has 38 heavy (non-hydrogen) atoms. The summed E-state index contributed by atoms with van der Waals surface area (Å²) >= 11 is 6.68. The summed E-state index contributed by atoms with van der Waals surface area (Å²) in [6.45, 7) is 8.67. The molecule has 1 fully saturated rings. The summed E-state index contributed by atoms with van der Waals surface area (Å²) in [7, 11) is 0. The number of nitrogens with zero attached hydrogens (tertiary/aromatic N) is 4. The van der Waals surface area contributed by atoms with Gasteiger partial charge in [0.1, 0.15) is 12.2 Å². The molecule has 198 valence electrons. The number of aromatic nitrogens is 2. The molecule has 2 aliphatic rings. The Kier molecular flexibility index (Phi) is 6.75. The van der Waals surface area contributed by atoms with Crippen molar-refractivity contribution in [3.05, 3.63) is 70.2 Å². The number of nitriles is 1. The predicted octanol–water partition coefficient (Wildman–Crippen LogP) is 5.49. The van der Waals surface area contributed by atoms with E-state index >= 15 is 0 Å². The molecule has 3 aromatic rings. The van der Waals surface area contributed by atoms with Gasteiger partial charge in [-0.2, -0.15) is 9.65 Å². The third-order valence-electron chi connectivity index (χ3n) is 6.51. The molecular weight excluding hydrogens is 510 g/mol. The Bertz CT molecular complexity index is 1460. The standard InChI is InChI=1S/C27H29ClF2N8/c1-14-17(5-6-23(30)34-14)26(21-12-38(37-36-21)22-9-20(22)29)35-16-7-18-24(33-13-27(2,3)4)15(10-31)11-32-25(18)19(28)8-16/h5-8,11-12,20,22,26,35-37H,9,13H2,1-4H3,(H,32,33)/t20-,22+,26-/m0/s1. The summed E-state index contributed by atoms with van der Waals surface area (Å²) in [6.07, 6.45) is 2.89. The number of rotatable bonds is 7. The number of benzene rings is 1. The van der Waals surface area contributed by atoms with Crippen LogP contribution < -0.4 is 21.6 Å². The van der Waals surface area contributed by atoms with Crippen molar-refractivity contribution in [2.45, 2.75) is 52.4 Å². The Balaban J connectivity index is 1.57. The molecule has 0 saturated heterocycles. The number of pyridine rings is 2. The fourth-order valence-electron chi connectivity index (χ4n) is 4.42. The van der Waals surface area contributed by atoms with Crippen molar-refractivity contribution >= 4 is 33.9 Å². The topological polar surface area (TPSA) is 101 Å². The molecule has 0 unspecified atom stereocenters. The van der Waals surface area contributed by atoms with E-state index in [-0.39, 0.29) is 11.5 Å². The van der Waals surface area contributed by atoms with E-state index in [4.69, 9.17) is 11.6 Å². The van der Waals surface area contributed by atoms with Crippen molar-refractivity contribution in [1.82, 2.24) is 25.9 Å². The second-order valence-corrected chi connectivity index (χ2v) is 11.3. The highest BCUT2D eigenvalue weighted by Gasteiger charge is 2.43. The van der Waals surface area contributed by atoms with Crippen LogP contribution in [0, 0.1) is 29.6 Å². The van der Waals surface area contributed by atoms with Crippen LogP contribution in [0.3, 0.4) is 0 Å². The molecule has 0 radical (unpaired) electrons. The third kappa shape index (κ3) is 5.30. The summed E-state index contributed by atoms with van der Waals surface area (Å²) in [5, 5.41) is 19.5. The van der Waals surface area contributed by atoms with Gasteiger partial charge in [0.15, 0.2) is 0 Å². The fraction of sp³-hybridized carbons (Fsp3) is 0.370. The lowest BCUT2D eigenvalue weighted by Crippen LogP contribution is -2.39. The van der Waals surface area contributed by atoms with Crippen LogP contribution in [0.2, 0.25) is 5.02 Å². The number of anilines is 2. The summed E-state index contributed by atoms with van der Waals surface area (Å²) in [5.74, 6) is -0.574. The number of hydrogen-bond donors (Lipinski definition) is 4. The second-order valence-electron chi connectivity index (χ2n) is 10.9. The first-order valence-corrected chi connectivity index (χ1v) is 12.7. The zero-order valence-corrected chi connectivity index (χ0v) is 22.3. The van der Waals surface area contributed by atoms with Crippen LogP contribution in [-0.4, -0.2) is 33.7 Å². The van der Waals surface area contributed by atoms with Crippen molar-refractivity contribution in [3.63, 3.8) is 0 Å². The zero-order chi connectivity index (χ0) is 27.2. The molecular formula is C27H29ClF2N8. The molecule has 2 aromatic heterocycles. The second kappa shape index (κ2) is 9.89. The first kappa shape index (κ1) is 25.9. The van der Waals surface area contributed by atoms with Crippen LogP contribution in [0.15, 0.2) is 42.4 Å². The van der Waals surface area contributed by atoms with Gasteiger partial charge >= 0.3 is 0 Å². The van der Waals surface area contributed by atoms with Crippen LogP contribution >= 0.6 is 11.6 Å². The lowest BCUT2D eigenvalue weighted by molar-refractivity contribution is 0.236. The summed E-state index contributed by atoms with van der Waals surface area (Å²) in [5.41, 5.74) is 10.3. The van der Waals surface area contributed by atoms with Gasteiger partial charge in [-0.15, -0.1) is 5.53 Å². The third-order valence-corrected chi connectivity index (χ3v) is 6.80. The first-order chi connectivity index (χ1) is 18.0. The van der Waals surface area contributed by atoms with Crippen LogP contribution in [0.4, 0.5) is 20.2 Å². The Hall–Kier alpha value is -3.68. The largest absolute Gasteiger partial charge is 0.383 e. The maximum Gasteiger partial charge on any atom is 0.213 e. The van der Waals surface area contributed by atoms with Crippen molar-refractivity contribution in [2.24, 2.45) is 5.41 Å². The van der Waals surface area contributed by atoms with E-state index in [1.807, 2.05) is 6.07 Å². The minimum Gasteiger partial charge on any atom is -0.383 e. The Morgan fingerprint density at radius 2 is 2.08 bits per heavy atom. The smallest absolute Gasteiger partial charge is 0.213 e. The summed E-state index contributed by atoms with van der Waals surface area (Å²) in [4.78, 5) is 8.43. The number of halogens is 3. The predicted molar refractivity (Wildman–Crippen MR) is 144 cm³/mol. The van der Waals surface area contributed by atoms with Crippen molar-refractivity contribution in [2.75, 3.05) is 17.2 Å². The average Bonchev–Trinajstić information content (AvgIpc) is 3.38. The number of alkyl halides is 1. The monoisotopic (exact) mass is 538 g/mol. The number of hydrazine groups is 2. The van der Waals surface area contributed by atoms with E-state index in [1.54, 1.807) is 30.3 Å². The number of aryl methyl sites for hydroxylation is 1. The number of hydrogen-bond acceptors (Lipinski definition) is 8. The Morgan fingerprint density at radius 3 is 2.74 bits per heavy atom. The molecule has 4 N–H and O–H groups in total. The maximum atomic E-state index is 13.9. The SMILES string of the molecule is Cc1nc(F)ccc1[C@H](Nc1cc(Cl)c2ncc(C#N)c(NCC(C)(C)C)c2c1)C1=CN([C@@H]2C[C@@H]2F)NN1. The lowest BCUT2D eigenvalue weighted by Gasteiger charge is -2.24. The molecule has 1 aromatic carbocycles. The van der Waals surface area contributed by atoms with Crippen molar-refractivity contribution < 1.29 is 8.78 Å². The normalized spacial score (nSPS) is 19.5. The van der Waals surface area contributed by atoms with Crippen LogP contribution in [-0.2, 0) is 0 Å². The van der Waals surface area contributed by atoms with Crippen molar-refractivity contribution in [1.29, 1.82) is 5.26 Å². The van der Waals surface area contributed by atoms with Gasteiger partial charge in [0.25, 0.3) is 0 Å². The van der Waals surface area contributed by atoms with E-state index in [0.29, 0.717) is 57.2 Å². The molecule has 3 atom stereocenters. The van der Waals surface area contributed by atoms with Gasteiger partial charge in [-0.1, -0.05) is 38.4 Å². The van der Waals surface area contributed by atoms with Crippen LogP contribution in [0.5, 0.6) is 0 Å². The van der Waals surface area contributed by atoms with E-state index in [0.717, 1.165) is 5.56 Å². The van der Waals surface area contributed by atoms with Crippen LogP contribution in [0.25, 0.3) is 10.9 Å². The number of fused-ring (bicyclic) bond motifs is 1. The number of nitrogens with one attached hydrogen (secondary N) is 4. The Labute approximate surface area is 225 Å². The van der Waals surface area contributed by atoms with E-state index in [9.17, 15) is 14.0 Å². The van der Waals surface area contributed by atoms with Gasteiger partial charge in [-0.3, -0.25) is 9.99 Å². The van der Waals surface area contributed by atoms with Gasteiger partial charge in [-0.05, 0) is 30.5 Å². The molecule has 1 saturated carbocycles. The lowest BCUT2D eigenvalue weighted by atomic mass is 9.96. The molecule has 11 heteroatoms. The minimum atomic E-state index is -0.888. The van der Waals surface area contributed by atoms with E-state index in [2.05, 4.69) is 58.4 Å². The Morgan fingerprint density at radius 1 is 1.32 bits per heavy atom. The van der Waals surface area contributed by atoms with Gasteiger partial charge in [-0.25, -0.2) is 9.37 Å². The molecule has 5 rings (SSSR count). The molecule has 1 aliphatic heterocycles. The van der Waals surface area contributed by atoms with Gasteiger partial charge in [0.05, 0.1) is 39.6 Å². The quantitative estimate of drug-likeness (QED) is 0.293. The first-order valence-electron chi connectivity index (χ1n) is 12.4. The van der Waals surface area contributed by atoms with E-state index in [1.165, 1.54) is 12.3 Å². The fourth-order valence-corrected chi connectivity index (χ4v) is 4.68. The molecule has 0 amide bonds. The highest BCUT2D eigenvalue weighted by molar-refractivity contribution is 6.35. The highest BCUT2D eigenvalue weighted by Crippen LogP contribution is 2.38. The molecule has 0 spiro atoms. The minimum absolute atomic E-state index is 0.0279. The van der Waals surface area contributed by atoms with Gasteiger partial charge in [0, 0.05) is 47.7 Å². The molecule has 0 bridgehead atoms. The molecule has 8 nitrogen and oxygen atoms in total. The van der Waals surface area contributed by atoms with Gasteiger partial charge in [0.2, 0.25) is 5.95 Å². The molecule has 1 aliphatic carbocycles. The summed E-state index contributed by atoms with van der Waals surface area (Å²) < 4.78 is 27.6. The highest BCUT2D eigenvalue weighted by atomic mass is 35.5. The maximum absolute atomic E-state index is 13.9. The summed E-state index contributed by atoms with van der Waals surface area (Å²) in [6, 6.07) is 8.10. The average molecular weight is 539 g/mol. The van der Waals surface area contributed by atoms with E-state index < -0.39 is 18.2 Å². The zero-order valence-electron chi connectivity index (χ0n) is 21.5. The van der Waals surface area contributed by atoms with Crippen LogP contribution in [0.1, 0.15) is 50.1 Å². The molecule has 3 heterocycles. The van der Waals surface area contributed by atoms with Crippen molar-refractivity contribution in [3.8, 4) is 6.07 Å².